The molecule has 6 aromatic rings. The van der Waals surface area contributed by atoms with Crippen LogP contribution in [0.5, 0.6) is 0 Å². The van der Waals surface area contributed by atoms with Gasteiger partial charge in [-0.15, -0.1) is 0 Å². The number of halogens is 2. The van der Waals surface area contributed by atoms with E-state index in [0.717, 1.165) is 70.2 Å². The molecule has 0 bridgehead atoms. The predicted octanol–water partition coefficient (Wildman–Crippen LogP) is 11.1. The Morgan fingerprint density at radius 2 is 1.00 bits per heavy atom. The summed E-state index contributed by atoms with van der Waals surface area (Å²) in [5.74, 6) is -0.942. The molecule has 60 heavy (non-hydrogen) atoms. The Bertz CT molecular complexity index is 2740. The minimum Gasteiger partial charge on any atom is -0.457 e. The van der Waals surface area contributed by atoms with Crippen LogP contribution in [0.4, 0.5) is 8.63 Å². The van der Waals surface area contributed by atoms with Crippen molar-refractivity contribution < 1.29 is 32.2 Å². The Morgan fingerprint density at radius 3 is 1.55 bits per heavy atom. The molecule has 0 spiro atoms. The molecule has 6 nitrogen and oxygen atoms in total. The van der Waals surface area contributed by atoms with Gasteiger partial charge in [-0.2, -0.15) is 0 Å². The standard InChI is InChI=1S/C51H43BF2N2O4/c53-52(54)55-46(37-24-28-39(29-25-37)50(57)59-32-34-14-4-1-5-15-34)41-20-10-12-22-43(41)48(55)45(36-18-8-3-9-19-36)49-44-23-13-11-21-42(44)47(56(49)52)38-26-30-40(31-27-38)51(58)60-33-35-16-6-2-7-17-35/h1-9,14-19,24-31H,10-13,20-23,32-33H2. The zero-order chi connectivity index (χ0) is 40.8. The van der Waals surface area contributed by atoms with Gasteiger partial charge in [-0.1, -0.05) is 103 Å². The average molecular weight is 797 g/mol. The number of ether oxygens (including phenoxy) is 2. The average Bonchev–Trinajstić information content (AvgIpc) is 3.84. The van der Waals surface area contributed by atoms with E-state index < -0.39 is 18.9 Å². The second-order valence-electron chi connectivity index (χ2n) is 16.1. The van der Waals surface area contributed by atoms with Gasteiger partial charge in [0.15, 0.2) is 11.4 Å². The molecule has 1 aromatic heterocycles. The summed E-state index contributed by atoms with van der Waals surface area (Å²) in [7, 11) is 0. The molecule has 0 saturated heterocycles. The van der Waals surface area contributed by atoms with E-state index in [-0.39, 0.29) is 13.2 Å². The molecule has 3 heterocycles. The molecule has 0 saturated carbocycles. The van der Waals surface area contributed by atoms with E-state index in [1.807, 2.05) is 91.0 Å². The minimum absolute atomic E-state index is 0.139. The van der Waals surface area contributed by atoms with Gasteiger partial charge in [-0.25, -0.2) is 9.59 Å². The largest absolute Gasteiger partial charge is 0.737 e. The zero-order valence-corrected chi connectivity index (χ0v) is 33.2. The summed E-state index contributed by atoms with van der Waals surface area (Å²) in [6.07, 6.45) is 6.41. The fourth-order valence-corrected chi connectivity index (χ4v) is 9.70. The molecule has 0 unspecified atom stereocenters. The second-order valence-corrected chi connectivity index (χ2v) is 16.1. The lowest BCUT2D eigenvalue weighted by atomic mass is 9.81. The third kappa shape index (κ3) is 6.53. The zero-order valence-electron chi connectivity index (χ0n) is 33.2. The van der Waals surface area contributed by atoms with Crippen molar-refractivity contribution in [3.8, 4) is 11.3 Å². The maximum Gasteiger partial charge on any atom is 0.737 e. The number of aromatic nitrogens is 1. The molecule has 0 atom stereocenters. The summed E-state index contributed by atoms with van der Waals surface area (Å²) < 4.78 is 51.0. The van der Waals surface area contributed by atoms with Gasteiger partial charge in [0.05, 0.1) is 16.7 Å². The van der Waals surface area contributed by atoms with Crippen molar-refractivity contribution in [2.45, 2.75) is 64.6 Å². The molecule has 5 aromatic carbocycles. The molecule has 0 fully saturated rings. The predicted molar refractivity (Wildman–Crippen MR) is 230 cm³/mol. The highest BCUT2D eigenvalue weighted by molar-refractivity contribution is 6.59. The highest BCUT2D eigenvalue weighted by atomic mass is 19.2. The van der Waals surface area contributed by atoms with Crippen LogP contribution < -0.4 is 0 Å². The van der Waals surface area contributed by atoms with Gasteiger partial charge in [0, 0.05) is 28.1 Å². The number of allylic oxidation sites excluding steroid dienone is 2. The van der Waals surface area contributed by atoms with Gasteiger partial charge < -0.3 is 27.1 Å². The number of esters is 2. The normalized spacial score (nSPS) is 16.5. The third-order valence-corrected chi connectivity index (χ3v) is 12.4. The van der Waals surface area contributed by atoms with Gasteiger partial charge in [0.25, 0.3) is 0 Å². The molecule has 10 rings (SSSR count). The molecule has 2 aliphatic heterocycles. The van der Waals surface area contributed by atoms with Crippen LogP contribution in [0, 0.1) is 0 Å². The topological polar surface area (TPSA) is 60.5 Å². The number of hydrogen-bond acceptors (Lipinski definition) is 4. The first-order valence-corrected chi connectivity index (χ1v) is 21.0. The van der Waals surface area contributed by atoms with Crippen molar-refractivity contribution in [1.29, 1.82) is 0 Å². The van der Waals surface area contributed by atoms with E-state index in [0.29, 0.717) is 70.7 Å². The number of carbonyl (C=O) groups is 2. The Morgan fingerprint density at radius 1 is 0.533 bits per heavy atom. The van der Waals surface area contributed by atoms with Crippen molar-refractivity contribution in [1.82, 2.24) is 4.48 Å². The molecule has 0 radical (unpaired) electrons. The maximum absolute atomic E-state index is 18.5. The Balaban J connectivity index is 1.12. The Labute approximate surface area is 348 Å². The molecule has 2 aliphatic carbocycles. The minimum atomic E-state index is -4.47. The molecule has 0 N–H and O–H groups in total. The Hall–Kier alpha value is -6.61. The van der Waals surface area contributed by atoms with Crippen LogP contribution in [-0.4, -0.2) is 33.6 Å². The van der Waals surface area contributed by atoms with Crippen LogP contribution in [-0.2, 0) is 35.5 Å². The van der Waals surface area contributed by atoms with E-state index in [9.17, 15) is 9.59 Å². The summed E-state index contributed by atoms with van der Waals surface area (Å²) >= 11 is 0. The van der Waals surface area contributed by atoms with Crippen molar-refractivity contribution in [3.05, 3.63) is 207 Å². The van der Waals surface area contributed by atoms with E-state index >= 15 is 8.63 Å². The number of hydrogen-bond donors (Lipinski definition) is 0. The van der Waals surface area contributed by atoms with Crippen LogP contribution in [0.1, 0.15) is 98.3 Å². The molecule has 0 amide bonds. The van der Waals surface area contributed by atoms with Gasteiger partial charge in [0.1, 0.15) is 13.2 Å². The quantitative estimate of drug-likeness (QED) is 0.108. The summed E-state index contributed by atoms with van der Waals surface area (Å²) in [5.41, 5.74) is 11.6. The number of benzene rings is 5. The first-order chi connectivity index (χ1) is 29.4. The highest BCUT2D eigenvalue weighted by Crippen LogP contribution is 2.52. The fraction of sp³-hybridized carbons (Fsp3) is 0.196. The smallest absolute Gasteiger partial charge is 0.457 e. The van der Waals surface area contributed by atoms with E-state index in [2.05, 4.69) is 0 Å². The number of rotatable bonds is 9. The van der Waals surface area contributed by atoms with Gasteiger partial charge in [-0.3, -0.25) is 0 Å². The lowest BCUT2D eigenvalue weighted by molar-refractivity contribution is -0.362. The second kappa shape index (κ2) is 15.5. The first-order valence-electron chi connectivity index (χ1n) is 21.0. The third-order valence-electron chi connectivity index (χ3n) is 12.4. The number of fused-ring (bicyclic) bond motifs is 5. The van der Waals surface area contributed by atoms with Crippen molar-refractivity contribution in [3.63, 3.8) is 0 Å². The van der Waals surface area contributed by atoms with Crippen molar-refractivity contribution in [2.24, 2.45) is 0 Å². The van der Waals surface area contributed by atoms with Crippen molar-refractivity contribution in [2.75, 3.05) is 0 Å². The molecular formula is C51H43BF2N2O4. The fourth-order valence-electron chi connectivity index (χ4n) is 9.70. The summed E-state index contributed by atoms with van der Waals surface area (Å²) in [6, 6.07) is 42.9. The van der Waals surface area contributed by atoms with Crippen LogP contribution in [0.15, 0.2) is 156 Å². The van der Waals surface area contributed by atoms with Crippen molar-refractivity contribution >= 4 is 30.2 Å². The van der Waals surface area contributed by atoms with E-state index in [1.165, 1.54) is 8.96 Å². The molecule has 9 heteroatoms. The monoisotopic (exact) mass is 796 g/mol. The highest BCUT2D eigenvalue weighted by Gasteiger charge is 2.59. The Kier molecular flexibility index (Phi) is 9.75. The van der Waals surface area contributed by atoms with Crippen LogP contribution in [0.25, 0.3) is 16.8 Å². The lowest BCUT2D eigenvalue weighted by Gasteiger charge is -2.35. The van der Waals surface area contributed by atoms with Gasteiger partial charge in [-0.05, 0) is 121 Å². The molecular weight excluding hydrogens is 753 g/mol. The van der Waals surface area contributed by atoms with E-state index in [4.69, 9.17) is 9.47 Å². The molecule has 4 aliphatic rings. The number of carbonyl (C=O) groups excluding carboxylic acids is 2. The lowest BCUT2D eigenvalue weighted by Crippen LogP contribution is -2.52. The van der Waals surface area contributed by atoms with Gasteiger partial charge in [0.2, 0.25) is 0 Å². The first kappa shape index (κ1) is 37.7. The maximum atomic E-state index is 18.5. The SMILES string of the molecule is O=C(OCc1ccccc1)c1ccc(C2=[N+]3C(=C(c4ccccc4)c4c5c(c(-c6ccc(C(=O)OCc7ccccc7)cc6)n4[B-]3(F)F)CCCC5)C3=C2CCCC3)cc1. The van der Waals surface area contributed by atoms with Crippen LogP contribution in [0.3, 0.4) is 0 Å². The summed E-state index contributed by atoms with van der Waals surface area (Å²) in [6.45, 7) is -4.19. The number of nitrogens with zero attached hydrogens (tertiary/aromatic N) is 2. The summed E-state index contributed by atoms with van der Waals surface area (Å²) in [5, 5.41) is 0. The molecule has 298 valence electrons. The summed E-state index contributed by atoms with van der Waals surface area (Å²) in [4.78, 5) is 26.3. The van der Waals surface area contributed by atoms with Gasteiger partial charge >= 0.3 is 18.9 Å². The van der Waals surface area contributed by atoms with Crippen LogP contribution >= 0.6 is 0 Å². The van der Waals surface area contributed by atoms with Crippen LogP contribution in [0.2, 0.25) is 0 Å². The van der Waals surface area contributed by atoms with E-state index in [1.54, 1.807) is 48.5 Å².